The summed E-state index contributed by atoms with van der Waals surface area (Å²) in [5, 5.41) is 7.62. The van der Waals surface area contributed by atoms with Crippen LogP contribution in [0.2, 0.25) is 0 Å². The van der Waals surface area contributed by atoms with E-state index in [2.05, 4.69) is 10.6 Å². The van der Waals surface area contributed by atoms with Crippen molar-refractivity contribution < 1.29 is 8.78 Å². The Bertz CT molecular complexity index is 644. The molecule has 3 rings (SSSR count). The van der Waals surface area contributed by atoms with Crippen LogP contribution in [0.1, 0.15) is 31.7 Å². The van der Waals surface area contributed by atoms with Crippen molar-refractivity contribution in [2.75, 3.05) is 0 Å². The Hall–Kier alpha value is -1.75. The van der Waals surface area contributed by atoms with Crippen LogP contribution in [0.15, 0.2) is 35.7 Å². The first-order valence-electron chi connectivity index (χ1n) is 6.90. The zero-order valence-electron chi connectivity index (χ0n) is 11.6. The Morgan fingerprint density at radius 2 is 2.00 bits per heavy atom. The summed E-state index contributed by atoms with van der Waals surface area (Å²) in [5.41, 5.74) is 3.78. The zero-order chi connectivity index (χ0) is 15.0. The highest BCUT2D eigenvalue weighted by atomic mass is 32.1. The summed E-state index contributed by atoms with van der Waals surface area (Å²) in [6.07, 6.45) is 4.46. The second-order valence-electron chi connectivity index (χ2n) is 5.49. The van der Waals surface area contributed by atoms with E-state index in [1.807, 2.05) is 6.92 Å². The Balaban J connectivity index is 1.87. The van der Waals surface area contributed by atoms with Crippen molar-refractivity contribution in [1.82, 2.24) is 10.6 Å². The summed E-state index contributed by atoms with van der Waals surface area (Å²) in [4.78, 5) is 0. The van der Waals surface area contributed by atoms with Gasteiger partial charge in [-0.05, 0) is 67.6 Å². The van der Waals surface area contributed by atoms with Gasteiger partial charge in [0.15, 0.2) is 5.11 Å². The lowest BCUT2D eigenvalue weighted by Gasteiger charge is -2.16. The zero-order valence-corrected chi connectivity index (χ0v) is 12.4. The number of hydrogen-bond donors (Lipinski definition) is 1. The van der Waals surface area contributed by atoms with Crippen LogP contribution < -0.4 is 10.6 Å². The van der Waals surface area contributed by atoms with Gasteiger partial charge in [-0.15, -0.1) is 0 Å². The van der Waals surface area contributed by atoms with Crippen molar-refractivity contribution >= 4 is 22.9 Å². The van der Waals surface area contributed by atoms with Crippen molar-refractivity contribution in [2.24, 2.45) is 5.92 Å². The number of rotatable bonds is 3. The molecule has 0 aromatic heterocycles. The minimum atomic E-state index is -0.538. The second kappa shape index (κ2) is 5.56. The van der Waals surface area contributed by atoms with Crippen molar-refractivity contribution in [3.63, 3.8) is 0 Å². The fourth-order valence-corrected chi connectivity index (χ4v) is 3.29. The number of nitrogens with one attached hydrogen (secondary N) is 1. The van der Waals surface area contributed by atoms with E-state index in [0.29, 0.717) is 10.7 Å². The maximum absolute atomic E-state index is 13.5. The maximum Gasteiger partial charge on any atom is 0.197 e. The van der Waals surface area contributed by atoms with E-state index in [1.165, 1.54) is 17.7 Å². The average molecular weight is 305 g/mol. The van der Waals surface area contributed by atoms with E-state index < -0.39 is 11.6 Å². The van der Waals surface area contributed by atoms with Gasteiger partial charge < -0.3 is 5.32 Å². The molecule has 109 valence electrons. The normalized spacial score (nSPS) is 21.4. The number of nitrogens with zero attached hydrogens (tertiary/aromatic N) is 1. The maximum atomic E-state index is 13.5. The molecule has 1 N–H and O–H groups in total. The third-order valence-corrected chi connectivity index (χ3v) is 4.18. The Labute approximate surface area is 127 Å². The molecule has 0 spiro atoms. The van der Waals surface area contributed by atoms with Gasteiger partial charge in [0.25, 0.3) is 0 Å². The molecule has 0 saturated heterocycles. The molecular formula is C16H15F2N2S. The van der Waals surface area contributed by atoms with Crippen molar-refractivity contribution in [3.8, 4) is 0 Å². The SMILES string of the molecule is CC1=C(c2cc(F)cc(F)c2)C(CC2=CNC(=S)[N]2)CC1. The van der Waals surface area contributed by atoms with Crippen LogP contribution in [0, 0.1) is 17.6 Å². The monoisotopic (exact) mass is 305 g/mol. The van der Waals surface area contributed by atoms with Crippen molar-refractivity contribution in [1.29, 1.82) is 0 Å². The third-order valence-electron chi connectivity index (χ3n) is 3.97. The molecule has 2 aliphatic rings. The van der Waals surface area contributed by atoms with Crippen LogP contribution in [-0.2, 0) is 0 Å². The Morgan fingerprint density at radius 1 is 1.29 bits per heavy atom. The lowest BCUT2D eigenvalue weighted by atomic mass is 9.90. The largest absolute Gasteiger partial charge is 0.336 e. The number of benzene rings is 1. The number of allylic oxidation sites excluding steroid dienone is 3. The molecule has 5 heteroatoms. The molecule has 1 atom stereocenters. The average Bonchev–Trinajstić information content (AvgIpc) is 2.95. The first-order chi connectivity index (χ1) is 10.0. The highest BCUT2D eigenvalue weighted by Crippen LogP contribution is 2.42. The molecule has 2 nitrogen and oxygen atoms in total. The van der Waals surface area contributed by atoms with E-state index in [9.17, 15) is 8.78 Å². The molecule has 1 radical (unpaired) electrons. The summed E-state index contributed by atoms with van der Waals surface area (Å²) in [7, 11) is 0. The molecule has 1 heterocycles. The molecule has 21 heavy (non-hydrogen) atoms. The lowest BCUT2D eigenvalue weighted by molar-refractivity contribution is 0.580. The minimum Gasteiger partial charge on any atom is -0.336 e. The van der Waals surface area contributed by atoms with E-state index in [-0.39, 0.29) is 5.92 Å². The summed E-state index contributed by atoms with van der Waals surface area (Å²) in [5.74, 6) is -0.851. The number of hydrogen-bond acceptors (Lipinski definition) is 1. The van der Waals surface area contributed by atoms with Crippen LogP contribution in [-0.4, -0.2) is 5.11 Å². The van der Waals surface area contributed by atoms with Crippen LogP contribution in [0.4, 0.5) is 8.78 Å². The predicted molar refractivity (Wildman–Crippen MR) is 82.2 cm³/mol. The summed E-state index contributed by atoms with van der Waals surface area (Å²) in [6.45, 7) is 2.03. The summed E-state index contributed by atoms with van der Waals surface area (Å²) < 4.78 is 26.9. The molecule has 0 saturated carbocycles. The predicted octanol–water partition coefficient (Wildman–Crippen LogP) is 3.87. The molecular weight excluding hydrogens is 290 g/mol. The van der Waals surface area contributed by atoms with Gasteiger partial charge in [-0.3, -0.25) is 0 Å². The molecule has 1 aromatic rings. The van der Waals surface area contributed by atoms with Gasteiger partial charge >= 0.3 is 0 Å². The molecule has 1 aliphatic carbocycles. The van der Waals surface area contributed by atoms with Crippen LogP contribution in [0.25, 0.3) is 5.57 Å². The quantitative estimate of drug-likeness (QED) is 0.858. The van der Waals surface area contributed by atoms with Crippen molar-refractivity contribution in [2.45, 2.75) is 26.2 Å². The fraction of sp³-hybridized carbons (Fsp3) is 0.312. The standard InChI is InChI=1S/C16H15F2N2S/c1-9-2-3-10(6-14-8-19-16(21)20-14)15(9)11-4-12(17)7-13(18)5-11/h4-5,7-8,10H,2-3,6H2,1H3,(H,19,21). The molecule has 1 unspecified atom stereocenters. The van der Waals surface area contributed by atoms with Gasteiger partial charge in [-0.2, -0.15) is 0 Å². The molecule has 0 fully saturated rings. The fourth-order valence-electron chi connectivity index (χ4n) is 3.11. The van der Waals surface area contributed by atoms with E-state index in [4.69, 9.17) is 12.2 Å². The van der Waals surface area contributed by atoms with E-state index >= 15 is 0 Å². The lowest BCUT2D eigenvalue weighted by Crippen LogP contribution is -2.16. The van der Waals surface area contributed by atoms with Gasteiger partial charge in [0.2, 0.25) is 0 Å². The molecule has 1 aromatic carbocycles. The summed E-state index contributed by atoms with van der Waals surface area (Å²) >= 11 is 4.98. The van der Waals surface area contributed by atoms with Gasteiger partial charge in [0.1, 0.15) is 11.6 Å². The summed E-state index contributed by atoms with van der Waals surface area (Å²) in [6, 6.07) is 3.72. The number of halogens is 2. The van der Waals surface area contributed by atoms with Gasteiger partial charge in [0, 0.05) is 12.3 Å². The highest BCUT2D eigenvalue weighted by Gasteiger charge is 2.27. The number of thiocarbonyl (C=S) groups is 1. The van der Waals surface area contributed by atoms with Gasteiger partial charge in [0.05, 0.1) is 5.70 Å². The van der Waals surface area contributed by atoms with Crippen LogP contribution in [0.5, 0.6) is 0 Å². The van der Waals surface area contributed by atoms with Crippen molar-refractivity contribution in [3.05, 3.63) is 52.9 Å². The highest BCUT2D eigenvalue weighted by molar-refractivity contribution is 7.80. The van der Waals surface area contributed by atoms with Gasteiger partial charge in [-0.25, -0.2) is 14.1 Å². The molecule has 1 aliphatic heterocycles. The van der Waals surface area contributed by atoms with Crippen LogP contribution in [0.3, 0.4) is 0 Å². The third kappa shape index (κ3) is 2.97. The minimum absolute atomic E-state index is 0.226. The first-order valence-corrected chi connectivity index (χ1v) is 7.31. The smallest absolute Gasteiger partial charge is 0.197 e. The molecule has 0 amide bonds. The van der Waals surface area contributed by atoms with Crippen LogP contribution >= 0.6 is 12.2 Å². The Morgan fingerprint density at radius 3 is 2.62 bits per heavy atom. The van der Waals surface area contributed by atoms with E-state index in [1.54, 1.807) is 6.20 Å². The Kier molecular flexibility index (Phi) is 3.76. The topological polar surface area (TPSA) is 26.1 Å². The van der Waals surface area contributed by atoms with E-state index in [0.717, 1.165) is 36.6 Å². The second-order valence-corrected chi connectivity index (χ2v) is 5.88. The molecule has 0 bridgehead atoms. The van der Waals surface area contributed by atoms with Gasteiger partial charge in [-0.1, -0.05) is 5.57 Å². The first kappa shape index (κ1) is 14.2.